The van der Waals surface area contributed by atoms with Crippen LogP contribution < -0.4 is 5.32 Å². The number of hydrogen-bond donors (Lipinski definition) is 1. The SMILES string of the molecule is C[C@H]1CN(Cc2ccc(-n3ccnc3)nc2)CCN1. The highest BCUT2D eigenvalue weighted by Crippen LogP contribution is 2.09. The maximum atomic E-state index is 4.49. The summed E-state index contributed by atoms with van der Waals surface area (Å²) in [4.78, 5) is 11.0. The second kappa shape index (κ2) is 5.50. The van der Waals surface area contributed by atoms with Gasteiger partial charge in [-0.25, -0.2) is 9.97 Å². The van der Waals surface area contributed by atoms with Crippen LogP contribution in [-0.4, -0.2) is 45.1 Å². The zero-order valence-electron chi connectivity index (χ0n) is 11.2. The fraction of sp³-hybridized carbons (Fsp3) is 0.429. The molecule has 19 heavy (non-hydrogen) atoms. The average molecular weight is 257 g/mol. The fourth-order valence-corrected chi connectivity index (χ4v) is 2.47. The van der Waals surface area contributed by atoms with Gasteiger partial charge in [-0.2, -0.15) is 0 Å². The van der Waals surface area contributed by atoms with Gasteiger partial charge >= 0.3 is 0 Å². The molecule has 0 unspecified atom stereocenters. The van der Waals surface area contributed by atoms with Gasteiger partial charge in [-0.1, -0.05) is 6.07 Å². The summed E-state index contributed by atoms with van der Waals surface area (Å²) in [5.74, 6) is 0.912. The van der Waals surface area contributed by atoms with Crippen molar-refractivity contribution in [2.45, 2.75) is 19.5 Å². The lowest BCUT2D eigenvalue weighted by Gasteiger charge is -2.31. The lowest BCUT2D eigenvalue weighted by Crippen LogP contribution is -2.48. The van der Waals surface area contributed by atoms with Crippen LogP contribution in [0.4, 0.5) is 0 Å². The van der Waals surface area contributed by atoms with Gasteiger partial charge in [-0.15, -0.1) is 0 Å². The Labute approximate surface area is 113 Å². The molecular weight excluding hydrogens is 238 g/mol. The Kier molecular flexibility index (Phi) is 3.57. The number of piperazine rings is 1. The van der Waals surface area contributed by atoms with Crippen molar-refractivity contribution < 1.29 is 0 Å². The Morgan fingerprint density at radius 3 is 3.05 bits per heavy atom. The van der Waals surface area contributed by atoms with Crippen molar-refractivity contribution >= 4 is 0 Å². The Bertz CT molecular complexity index is 505. The molecule has 0 radical (unpaired) electrons. The number of pyridine rings is 1. The van der Waals surface area contributed by atoms with E-state index in [1.165, 1.54) is 5.56 Å². The number of rotatable bonds is 3. The van der Waals surface area contributed by atoms with Crippen molar-refractivity contribution in [1.29, 1.82) is 0 Å². The van der Waals surface area contributed by atoms with Gasteiger partial charge in [0.05, 0.1) is 0 Å². The summed E-state index contributed by atoms with van der Waals surface area (Å²) >= 11 is 0. The minimum atomic E-state index is 0.576. The molecule has 0 aliphatic carbocycles. The fourth-order valence-electron chi connectivity index (χ4n) is 2.47. The number of hydrogen-bond acceptors (Lipinski definition) is 4. The number of aromatic nitrogens is 3. The molecule has 1 aliphatic rings. The van der Waals surface area contributed by atoms with E-state index in [1.54, 1.807) is 12.5 Å². The van der Waals surface area contributed by atoms with Crippen LogP contribution in [0.5, 0.6) is 0 Å². The normalized spacial score (nSPS) is 20.6. The van der Waals surface area contributed by atoms with E-state index < -0.39 is 0 Å². The molecule has 5 heteroatoms. The van der Waals surface area contributed by atoms with E-state index >= 15 is 0 Å². The summed E-state index contributed by atoms with van der Waals surface area (Å²) in [6, 6.07) is 4.77. The quantitative estimate of drug-likeness (QED) is 0.893. The van der Waals surface area contributed by atoms with Crippen LogP contribution >= 0.6 is 0 Å². The van der Waals surface area contributed by atoms with Gasteiger partial charge in [-0.05, 0) is 18.6 Å². The molecule has 0 saturated carbocycles. The highest BCUT2D eigenvalue weighted by atomic mass is 15.2. The van der Waals surface area contributed by atoms with Gasteiger partial charge in [0.1, 0.15) is 12.1 Å². The molecule has 0 amide bonds. The first-order chi connectivity index (χ1) is 9.31. The van der Waals surface area contributed by atoms with E-state index in [9.17, 15) is 0 Å². The second-order valence-corrected chi connectivity index (χ2v) is 5.08. The zero-order valence-corrected chi connectivity index (χ0v) is 11.2. The van der Waals surface area contributed by atoms with Crippen molar-refractivity contribution in [2.24, 2.45) is 0 Å². The molecule has 1 atom stereocenters. The molecule has 1 fully saturated rings. The van der Waals surface area contributed by atoms with E-state index in [2.05, 4.69) is 33.2 Å². The van der Waals surface area contributed by atoms with Gasteiger partial charge in [0, 0.05) is 50.8 Å². The van der Waals surface area contributed by atoms with E-state index in [0.29, 0.717) is 6.04 Å². The van der Waals surface area contributed by atoms with E-state index in [1.807, 2.05) is 23.0 Å². The van der Waals surface area contributed by atoms with Crippen LogP contribution in [0.15, 0.2) is 37.1 Å². The molecule has 3 heterocycles. The van der Waals surface area contributed by atoms with Crippen molar-refractivity contribution in [1.82, 2.24) is 24.8 Å². The minimum Gasteiger partial charge on any atom is -0.312 e. The maximum absolute atomic E-state index is 4.49. The molecule has 5 nitrogen and oxygen atoms in total. The smallest absolute Gasteiger partial charge is 0.137 e. The first-order valence-electron chi connectivity index (χ1n) is 6.70. The third-order valence-corrected chi connectivity index (χ3v) is 3.44. The van der Waals surface area contributed by atoms with Crippen LogP contribution in [0.2, 0.25) is 0 Å². The molecule has 0 spiro atoms. The van der Waals surface area contributed by atoms with Crippen LogP contribution in [0.1, 0.15) is 12.5 Å². The number of nitrogens with one attached hydrogen (secondary N) is 1. The Morgan fingerprint density at radius 1 is 1.42 bits per heavy atom. The van der Waals surface area contributed by atoms with Gasteiger partial charge in [-0.3, -0.25) is 9.47 Å². The summed E-state index contributed by atoms with van der Waals surface area (Å²) in [6.07, 6.45) is 7.39. The minimum absolute atomic E-state index is 0.576. The molecule has 3 rings (SSSR count). The molecular formula is C14H19N5. The second-order valence-electron chi connectivity index (χ2n) is 5.08. The van der Waals surface area contributed by atoms with Crippen molar-refractivity contribution in [3.05, 3.63) is 42.6 Å². The van der Waals surface area contributed by atoms with Crippen LogP contribution in [-0.2, 0) is 6.54 Å². The monoisotopic (exact) mass is 257 g/mol. The van der Waals surface area contributed by atoms with Gasteiger partial charge in [0.15, 0.2) is 0 Å². The standard InChI is InChI=1S/C14H19N5/c1-12-9-18(6-5-16-12)10-13-2-3-14(17-8-13)19-7-4-15-11-19/h2-4,7-8,11-12,16H,5-6,9-10H2,1H3/t12-/m0/s1. The lowest BCUT2D eigenvalue weighted by atomic mass is 10.2. The van der Waals surface area contributed by atoms with Crippen molar-refractivity contribution in [3.63, 3.8) is 0 Å². The molecule has 1 aliphatic heterocycles. The largest absolute Gasteiger partial charge is 0.312 e. The predicted molar refractivity (Wildman–Crippen MR) is 74.1 cm³/mol. The Hall–Kier alpha value is -1.72. The van der Waals surface area contributed by atoms with Crippen LogP contribution in [0.3, 0.4) is 0 Å². The number of nitrogens with zero attached hydrogens (tertiary/aromatic N) is 4. The summed E-state index contributed by atoms with van der Waals surface area (Å²) in [6.45, 7) is 6.48. The van der Waals surface area contributed by atoms with E-state index in [4.69, 9.17) is 0 Å². The Balaban J connectivity index is 1.66. The van der Waals surface area contributed by atoms with Gasteiger partial charge < -0.3 is 5.32 Å². The first-order valence-corrected chi connectivity index (χ1v) is 6.70. The van der Waals surface area contributed by atoms with Gasteiger partial charge in [0.2, 0.25) is 0 Å². The highest BCUT2D eigenvalue weighted by Gasteiger charge is 2.15. The van der Waals surface area contributed by atoms with Gasteiger partial charge in [0.25, 0.3) is 0 Å². The van der Waals surface area contributed by atoms with Crippen LogP contribution in [0.25, 0.3) is 5.82 Å². The number of imidazole rings is 1. The van der Waals surface area contributed by atoms with E-state index in [-0.39, 0.29) is 0 Å². The molecule has 0 bridgehead atoms. The summed E-state index contributed by atoms with van der Waals surface area (Å²) in [5.41, 5.74) is 1.26. The first kappa shape index (κ1) is 12.3. The lowest BCUT2D eigenvalue weighted by molar-refractivity contribution is 0.199. The van der Waals surface area contributed by atoms with Crippen molar-refractivity contribution in [2.75, 3.05) is 19.6 Å². The average Bonchev–Trinajstić information content (AvgIpc) is 2.94. The topological polar surface area (TPSA) is 46.0 Å². The highest BCUT2D eigenvalue weighted by molar-refractivity contribution is 5.25. The summed E-state index contributed by atoms with van der Waals surface area (Å²) in [7, 11) is 0. The van der Waals surface area contributed by atoms with Crippen molar-refractivity contribution in [3.8, 4) is 5.82 Å². The Morgan fingerprint density at radius 2 is 2.37 bits per heavy atom. The molecule has 100 valence electrons. The molecule has 2 aromatic rings. The third kappa shape index (κ3) is 3.00. The molecule has 1 N–H and O–H groups in total. The summed E-state index contributed by atoms with van der Waals surface area (Å²) < 4.78 is 1.91. The maximum Gasteiger partial charge on any atom is 0.137 e. The predicted octanol–water partition coefficient (Wildman–Crippen LogP) is 1.06. The molecule has 1 saturated heterocycles. The molecule has 0 aromatic carbocycles. The zero-order chi connectivity index (χ0) is 13.1. The molecule has 2 aromatic heterocycles. The van der Waals surface area contributed by atoms with Crippen LogP contribution in [0, 0.1) is 0 Å². The summed E-state index contributed by atoms with van der Waals surface area (Å²) in [5, 5.41) is 3.46. The third-order valence-electron chi connectivity index (χ3n) is 3.44. The van der Waals surface area contributed by atoms with E-state index in [0.717, 1.165) is 32.0 Å².